The summed E-state index contributed by atoms with van der Waals surface area (Å²) in [6.45, 7) is 0. The lowest BCUT2D eigenvalue weighted by atomic mass is 10.0. The Labute approximate surface area is 113 Å². The maximum atomic E-state index is 12.2. The van der Waals surface area contributed by atoms with Crippen molar-refractivity contribution in [2.24, 2.45) is 0 Å². The van der Waals surface area contributed by atoms with Gasteiger partial charge in [0.05, 0.1) is 6.04 Å². The molecule has 6 heteroatoms. The number of benzene rings is 1. The van der Waals surface area contributed by atoms with Crippen LogP contribution < -0.4 is 5.32 Å². The summed E-state index contributed by atoms with van der Waals surface area (Å²) in [5.74, 6) is -0.847. The molecule has 2 unspecified atom stereocenters. The number of carbonyl (C=O) groups is 2. The number of Topliss-reactive ketones (excluding diaryl/α,β-unsaturated/α-hetero) is 1. The van der Waals surface area contributed by atoms with Crippen LogP contribution in [0.3, 0.4) is 0 Å². The molecule has 5 nitrogen and oxygen atoms in total. The summed E-state index contributed by atoms with van der Waals surface area (Å²) in [7, 11) is 0. The average molecular weight is 279 g/mol. The van der Waals surface area contributed by atoms with Crippen molar-refractivity contribution in [1.82, 2.24) is 5.32 Å². The molecule has 1 aliphatic heterocycles. The highest BCUT2D eigenvalue weighted by Gasteiger charge is 2.27. The minimum absolute atomic E-state index is 0.188. The summed E-state index contributed by atoms with van der Waals surface area (Å²) in [6, 6.07) is 8.00. The second-order valence-corrected chi connectivity index (χ2v) is 5.09. The van der Waals surface area contributed by atoms with Crippen LogP contribution in [0.2, 0.25) is 0 Å². The Hall–Kier alpha value is -1.79. The topological polar surface area (TPSA) is 83.5 Å². The summed E-state index contributed by atoms with van der Waals surface area (Å²) >= 11 is -2.33. The maximum absolute atomic E-state index is 12.2. The summed E-state index contributed by atoms with van der Waals surface area (Å²) in [4.78, 5) is 23.7. The molecule has 2 atom stereocenters. The molecule has 19 heavy (non-hydrogen) atoms. The van der Waals surface area contributed by atoms with Gasteiger partial charge in [-0.25, -0.2) is 4.21 Å². The van der Waals surface area contributed by atoms with Crippen molar-refractivity contribution in [3.63, 3.8) is 0 Å². The van der Waals surface area contributed by atoms with Gasteiger partial charge in [0, 0.05) is 5.56 Å². The molecule has 100 valence electrons. The van der Waals surface area contributed by atoms with Gasteiger partial charge in [-0.15, -0.1) is 0 Å². The molecule has 0 aliphatic carbocycles. The Morgan fingerprint density at radius 3 is 2.63 bits per heavy atom. The van der Waals surface area contributed by atoms with E-state index in [2.05, 4.69) is 5.32 Å². The van der Waals surface area contributed by atoms with Crippen molar-refractivity contribution in [2.75, 3.05) is 0 Å². The number of ketones is 1. The highest BCUT2D eigenvalue weighted by molar-refractivity contribution is 7.84. The van der Waals surface area contributed by atoms with Gasteiger partial charge in [-0.2, -0.15) is 0 Å². The van der Waals surface area contributed by atoms with E-state index < -0.39 is 23.0 Å². The van der Waals surface area contributed by atoms with Gasteiger partial charge in [0.15, 0.2) is 16.9 Å². The molecule has 2 rings (SSSR count). The molecule has 0 saturated heterocycles. The minimum atomic E-state index is -2.33. The number of amides is 1. The zero-order chi connectivity index (χ0) is 13.8. The van der Waals surface area contributed by atoms with Crippen LogP contribution in [0.25, 0.3) is 0 Å². The van der Waals surface area contributed by atoms with E-state index in [0.29, 0.717) is 18.4 Å². The fourth-order valence-corrected chi connectivity index (χ4v) is 2.40. The summed E-state index contributed by atoms with van der Waals surface area (Å²) in [5, 5.41) is 2.50. The van der Waals surface area contributed by atoms with Crippen LogP contribution >= 0.6 is 0 Å². The van der Waals surface area contributed by atoms with Crippen molar-refractivity contribution in [3.8, 4) is 0 Å². The molecule has 2 N–H and O–H groups in total. The number of hydrogen-bond acceptors (Lipinski definition) is 3. The van der Waals surface area contributed by atoms with E-state index in [-0.39, 0.29) is 10.7 Å². The van der Waals surface area contributed by atoms with Crippen molar-refractivity contribution < 1.29 is 18.4 Å². The van der Waals surface area contributed by atoms with Crippen molar-refractivity contribution in [2.45, 2.75) is 18.9 Å². The van der Waals surface area contributed by atoms with Gasteiger partial charge < -0.3 is 9.87 Å². The quantitative estimate of drug-likeness (QED) is 0.644. The third-order valence-electron chi connectivity index (χ3n) is 2.88. The molecule has 1 aliphatic rings. The number of allylic oxidation sites excluding steroid dienone is 1. The first-order valence-corrected chi connectivity index (χ1v) is 6.91. The predicted octanol–water partition coefficient (Wildman–Crippen LogP) is 1.25. The highest BCUT2D eigenvalue weighted by atomic mass is 32.2. The first kappa shape index (κ1) is 13.6. The second kappa shape index (κ2) is 5.90. The molecule has 1 aromatic rings. The lowest BCUT2D eigenvalue weighted by molar-refractivity contribution is -0.117. The van der Waals surface area contributed by atoms with Crippen LogP contribution in [0.15, 0.2) is 41.3 Å². The minimum Gasteiger partial charge on any atom is -0.341 e. The van der Waals surface area contributed by atoms with E-state index in [0.717, 1.165) is 0 Å². The molecule has 1 heterocycles. The summed E-state index contributed by atoms with van der Waals surface area (Å²) < 4.78 is 19.9. The molecule has 0 aromatic heterocycles. The van der Waals surface area contributed by atoms with Gasteiger partial charge in [0.1, 0.15) is 4.91 Å². The van der Waals surface area contributed by atoms with E-state index >= 15 is 0 Å². The van der Waals surface area contributed by atoms with Crippen LogP contribution in [0.5, 0.6) is 0 Å². The number of rotatable bonds is 3. The summed E-state index contributed by atoms with van der Waals surface area (Å²) in [5.41, 5.74) is 0.515. The zero-order valence-corrected chi connectivity index (χ0v) is 10.9. The molecule has 0 fully saturated rings. The summed E-state index contributed by atoms with van der Waals surface area (Å²) in [6.07, 6.45) is 2.23. The largest absolute Gasteiger partial charge is 0.341 e. The van der Waals surface area contributed by atoms with Crippen LogP contribution in [0.4, 0.5) is 0 Å². The second-order valence-electron chi connectivity index (χ2n) is 4.15. The van der Waals surface area contributed by atoms with Gasteiger partial charge in [0.25, 0.3) is 5.91 Å². The molecule has 1 aromatic carbocycles. The Balaban J connectivity index is 2.15. The monoisotopic (exact) mass is 279 g/mol. The van der Waals surface area contributed by atoms with E-state index in [1.807, 2.05) is 0 Å². The first-order chi connectivity index (χ1) is 9.09. The third kappa shape index (κ3) is 3.15. The Kier molecular flexibility index (Phi) is 4.24. The molecule has 0 saturated carbocycles. The SMILES string of the molecule is O=C1NC(C(=O)c2ccccc2)CCC=C1S(=O)O. The fourth-order valence-electron chi connectivity index (χ4n) is 1.93. The predicted molar refractivity (Wildman–Crippen MR) is 70.8 cm³/mol. The molecule has 1 amide bonds. The standard InChI is InChI=1S/C13H13NO4S/c15-12(9-5-2-1-3-6-9)10-7-4-8-11(19(17)18)13(16)14-10/h1-3,5-6,8,10H,4,7H2,(H,14,16)(H,17,18). The maximum Gasteiger partial charge on any atom is 0.262 e. The average Bonchev–Trinajstić information content (AvgIpc) is 2.60. The zero-order valence-electron chi connectivity index (χ0n) is 10.0. The Morgan fingerprint density at radius 2 is 2.00 bits per heavy atom. The van der Waals surface area contributed by atoms with Crippen molar-refractivity contribution in [3.05, 3.63) is 46.9 Å². The first-order valence-electron chi connectivity index (χ1n) is 5.80. The normalized spacial score (nSPS) is 21.0. The van der Waals surface area contributed by atoms with Crippen molar-refractivity contribution >= 4 is 22.8 Å². The Morgan fingerprint density at radius 1 is 1.32 bits per heavy atom. The molecule has 0 radical (unpaired) electrons. The van der Waals surface area contributed by atoms with Crippen LogP contribution in [0, 0.1) is 0 Å². The molecule has 0 spiro atoms. The fraction of sp³-hybridized carbons (Fsp3) is 0.231. The van der Waals surface area contributed by atoms with E-state index in [9.17, 15) is 13.8 Å². The van der Waals surface area contributed by atoms with E-state index in [1.165, 1.54) is 6.08 Å². The lowest BCUT2D eigenvalue weighted by Gasteiger charge is -2.14. The van der Waals surface area contributed by atoms with Crippen LogP contribution in [-0.4, -0.2) is 26.5 Å². The van der Waals surface area contributed by atoms with Crippen LogP contribution in [0.1, 0.15) is 23.2 Å². The van der Waals surface area contributed by atoms with Crippen molar-refractivity contribution in [1.29, 1.82) is 0 Å². The van der Waals surface area contributed by atoms with Gasteiger partial charge >= 0.3 is 0 Å². The molecule has 0 bridgehead atoms. The van der Waals surface area contributed by atoms with E-state index in [1.54, 1.807) is 30.3 Å². The Bertz CT molecular complexity index is 553. The van der Waals surface area contributed by atoms with Gasteiger partial charge in [0.2, 0.25) is 0 Å². The molecular weight excluding hydrogens is 266 g/mol. The third-order valence-corrected chi connectivity index (χ3v) is 3.61. The van der Waals surface area contributed by atoms with Gasteiger partial charge in [-0.05, 0) is 12.8 Å². The van der Waals surface area contributed by atoms with Gasteiger partial charge in [-0.1, -0.05) is 36.4 Å². The number of hydrogen-bond donors (Lipinski definition) is 2. The van der Waals surface area contributed by atoms with E-state index in [4.69, 9.17) is 4.55 Å². The highest BCUT2D eigenvalue weighted by Crippen LogP contribution is 2.15. The number of carbonyl (C=O) groups excluding carboxylic acids is 2. The lowest BCUT2D eigenvalue weighted by Crippen LogP contribution is -2.40. The van der Waals surface area contributed by atoms with Gasteiger partial charge in [-0.3, -0.25) is 9.59 Å². The molecular formula is C13H13NO4S. The van der Waals surface area contributed by atoms with Crippen LogP contribution in [-0.2, 0) is 15.9 Å². The smallest absolute Gasteiger partial charge is 0.262 e. The number of nitrogens with one attached hydrogen (secondary N) is 1.